The molecule has 1 fully saturated rings. The molecule has 2 aromatic rings. The third-order valence-corrected chi connectivity index (χ3v) is 6.84. The maximum Gasteiger partial charge on any atom is 0.279 e. The molecule has 2 aromatic carbocycles. The number of benzene rings is 2. The topological polar surface area (TPSA) is 70.9 Å². The number of hydrogen-bond donors (Lipinski definition) is 2. The van der Waals surface area contributed by atoms with E-state index in [2.05, 4.69) is 36.5 Å². The summed E-state index contributed by atoms with van der Waals surface area (Å²) in [4.78, 5) is 13.7. The van der Waals surface area contributed by atoms with Crippen molar-refractivity contribution in [3.8, 4) is 0 Å². The van der Waals surface area contributed by atoms with Gasteiger partial charge >= 0.3 is 0 Å². The van der Waals surface area contributed by atoms with E-state index in [1.165, 1.54) is 15.4 Å². The van der Waals surface area contributed by atoms with Gasteiger partial charge in [-0.2, -0.15) is 4.31 Å². The summed E-state index contributed by atoms with van der Waals surface area (Å²) in [5.74, 6) is -0.0974. The predicted octanol–water partition coefficient (Wildman–Crippen LogP) is 1.43. The van der Waals surface area contributed by atoms with Gasteiger partial charge in [-0.15, -0.1) is 0 Å². The molecule has 3 rings (SSSR count). The van der Waals surface area contributed by atoms with Crippen LogP contribution in [-0.2, 0) is 21.4 Å². The predicted molar refractivity (Wildman–Crippen MR) is 110 cm³/mol. The Labute approximate surface area is 167 Å². The molecule has 1 aliphatic heterocycles. The van der Waals surface area contributed by atoms with Crippen LogP contribution in [0.25, 0.3) is 0 Å². The van der Waals surface area contributed by atoms with Gasteiger partial charge in [0.2, 0.25) is 10.0 Å². The molecule has 1 amide bonds. The second-order valence-corrected chi connectivity index (χ2v) is 9.42. The second-order valence-electron chi connectivity index (χ2n) is 7.48. The van der Waals surface area contributed by atoms with Crippen molar-refractivity contribution in [1.82, 2.24) is 4.31 Å². The van der Waals surface area contributed by atoms with E-state index in [-0.39, 0.29) is 10.8 Å². The molecule has 1 atom stereocenters. The molecule has 0 radical (unpaired) electrons. The van der Waals surface area contributed by atoms with E-state index in [4.69, 9.17) is 0 Å². The van der Waals surface area contributed by atoms with E-state index in [1.54, 1.807) is 24.3 Å². The number of nitrogens with zero attached hydrogens (tertiary/aromatic N) is 1. The van der Waals surface area contributed by atoms with Gasteiger partial charge in [0.05, 0.1) is 11.9 Å². The molecule has 0 aromatic heterocycles. The van der Waals surface area contributed by atoms with Gasteiger partial charge in [-0.3, -0.25) is 4.79 Å². The first-order valence-corrected chi connectivity index (χ1v) is 11.1. The Hall–Kier alpha value is -2.22. The van der Waals surface area contributed by atoms with Crippen LogP contribution in [0.15, 0.2) is 53.4 Å². The number of likely N-dealkylation sites (N-methyl/N-ethyl adjacent to an activating group) is 1. The maximum atomic E-state index is 12.5. The first kappa shape index (κ1) is 20.5. The number of carbonyl (C=O) groups excluding carboxylic acids is 1. The van der Waals surface area contributed by atoms with E-state index in [0.717, 1.165) is 24.3 Å². The molecular formula is C21H28N3O3S+. The van der Waals surface area contributed by atoms with Gasteiger partial charge in [-0.05, 0) is 44.0 Å². The Balaban J connectivity index is 1.54. The van der Waals surface area contributed by atoms with Crippen molar-refractivity contribution in [2.75, 3.05) is 32.0 Å². The minimum Gasteiger partial charge on any atom is -0.326 e. The smallest absolute Gasteiger partial charge is 0.279 e. The highest BCUT2D eigenvalue weighted by atomic mass is 32.2. The minimum atomic E-state index is -3.42. The third-order valence-electron chi connectivity index (χ3n) is 4.93. The lowest BCUT2D eigenvalue weighted by Gasteiger charge is -2.16. The fraction of sp³-hybridized carbons (Fsp3) is 0.381. The van der Waals surface area contributed by atoms with Crippen molar-refractivity contribution in [3.63, 3.8) is 0 Å². The maximum absolute atomic E-state index is 12.5. The lowest BCUT2D eigenvalue weighted by atomic mass is 10.1. The van der Waals surface area contributed by atoms with Crippen LogP contribution in [0.4, 0.5) is 5.69 Å². The third kappa shape index (κ3) is 5.19. The zero-order valence-corrected chi connectivity index (χ0v) is 17.3. The van der Waals surface area contributed by atoms with Crippen molar-refractivity contribution in [2.45, 2.75) is 31.2 Å². The minimum absolute atomic E-state index is 0.0974. The summed E-state index contributed by atoms with van der Waals surface area (Å²) >= 11 is 0. The summed E-state index contributed by atoms with van der Waals surface area (Å²) < 4.78 is 26.6. The van der Waals surface area contributed by atoms with Gasteiger partial charge < -0.3 is 10.2 Å². The average Bonchev–Trinajstić information content (AvgIpc) is 3.19. The number of quaternary nitrogens is 1. The normalized spacial score (nSPS) is 16.1. The molecule has 28 heavy (non-hydrogen) atoms. The second kappa shape index (κ2) is 8.86. The molecule has 7 heteroatoms. The molecule has 1 saturated heterocycles. The number of carbonyl (C=O) groups is 1. The van der Waals surface area contributed by atoms with E-state index < -0.39 is 10.0 Å². The lowest BCUT2D eigenvalue weighted by molar-refractivity contribution is -0.885. The summed E-state index contributed by atoms with van der Waals surface area (Å²) in [5.41, 5.74) is 3.01. The Morgan fingerprint density at radius 2 is 1.64 bits per heavy atom. The SMILES string of the molecule is Cc1ccc(C[NH+](C)CC(=O)Nc2ccc(S(=O)(=O)N3CCCC3)cc2)cc1. The molecule has 2 N–H and O–H groups in total. The van der Waals surface area contributed by atoms with E-state index in [1.807, 2.05) is 7.05 Å². The number of anilines is 1. The van der Waals surface area contributed by atoms with Crippen molar-refractivity contribution in [2.24, 2.45) is 0 Å². The van der Waals surface area contributed by atoms with Gasteiger partial charge in [0.1, 0.15) is 6.54 Å². The van der Waals surface area contributed by atoms with E-state index >= 15 is 0 Å². The molecular weight excluding hydrogens is 374 g/mol. The Kier molecular flexibility index (Phi) is 6.49. The summed E-state index contributed by atoms with van der Waals surface area (Å²) in [6.45, 7) is 4.31. The fourth-order valence-electron chi connectivity index (χ4n) is 3.38. The van der Waals surface area contributed by atoms with Crippen LogP contribution in [0, 0.1) is 6.92 Å². The van der Waals surface area contributed by atoms with Crippen molar-refractivity contribution in [1.29, 1.82) is 0 Å². The van der Waals surface area contributed by atoms with Gasteiger partial charge in [0, 0.05) is 24.3 Å². The molecule has 0 spiro atoms. The molecule has 0 saturated carbocycles. The average molecular weight is 403 g/mol. The first-order valence-electron chi connectivity index (χ1n) is 9.61. The fourth-order valence-corrected chi connectivity index (χ4v) is 4.90. The van der Waals surface area contributed by atoms with Crippen LogP contribution < -0.4 is 10.2 Å². The van der Waals surface area contributed by atoms with Crippen LogP contribution in [0.3, 0.4) is 0 Å². The van der Waals surface area contributed by atoms with Crippen LogP contribution in [-0.4, -0.2) is 45.3 Å². The van der Waals surface area contributed by atoms with Crippen molar-refractivity contribution in [3.05, 3.63) is 59.7 Å². The lowest BCUT2D eigenvalue weighted by Crippen LogP contribution is -3.08. The van der Waals surface area contributed by atoms with Gasteiger partial charge in [-0.1, -0.05) is 29.8 Å². The van der Waals surface area contributed by atoms with Crippen LogP contribution >= 0.6 is 0 Å². The summed E-state index contributed by atoms with van der Waals surface area (Å²) in [6.07, 6.45) is 1.82. The highest BCUT2D eigenvalue weighted by Crippen LogP contribution is 2.22. The molecule has 1 unspecified atom stereocenters. The van der Waals surface area contributed by atoms with Gasteiger partial charge in [-0.25, -0.2) is 8.42 Å². The number of aryl methyl sites for hydroxylation is 1. The number of hydrogen-bond acceptors (Lipinski definition) is 3. The monoisotopic (exact) mass is 402 g/mol. The first-order chi connectivity index (χ1) is 13.3. The van der Waals surface area contributed by atoms with E-state index in [0.29, 0.717) is 25.3 Å². The standard InChI is InChI=1S/C21H27N3O3S/c1-17-5-7-18(8-6-17)15-23(2)16-21(25)22-19-9-11-20(12-10-19)28(26,27)24-13-3-4-14-24/h5-12H,3-4,13-16H2,1-2H3,(H,22,25)/p+1. The van der Waals surface area contributed by atoms with Crippen molar-refractivity contribution < 1.29 is 18.1 Å². The number of rotatable bonds is 7. The summed E-state index contributed by atoms with van der Waals surface area (Å²) in [6, 6.07) is 14.7. The van der Waals surface area contributed by atoms with Crippen LogP contribution in [0.1, 0.15) is 24.0 Å². The zero-order chi connectivity index (χ0) is 20.1. The zero-order valence-electron chi connectivity index (χ0n) is 16.4. The molecule has 0 bridgehead atoms. The van der Waals surface area contributed by atoms with Crippen LogP contribution in [0.5, 0.6) is 0 Å². The highest BCUT2D eigenvalue weighted by molar-refractivity contribution is 7.89. The molecule has 1 heterocycles. The number of amides is 1. The quantitative estimate of drug-likeness (QED) is 0.736. The molecule has 1 aliphatic rings. The van der Waals surface area contributed by atoms with E-state index in [9.17, 15) is 13.2 Å². The largest absolute Gasteiger partial charge is 0.326 e. The summed E-state index contributed by atoms with van der Waals surface area (Å²) in [7, 11) is -1.45. The van der Waals surface area contributed by atoms with Crippen LogP contribution in [0.2, 0.25) is 0 Å². The highest BCUT2D eigenvalue weighted by Gasteiger charge is 2.26. The Bertz CT molecular complexity index is 903. The molecule has 150 valence electrons. The Morgan fingerprint density at radius 3 is 2.25 bits per heavy atom. The molecule has 0 aliphatic carbocycles. The number of sulfonamides is 1. The molecule has 6 nitrogen and oxygen atoms in total. The Morgan fingerprint density at radius 1 is 1.04 bits per heavy atom. The number of nitrogens with one attached hydrogen (secondary N) is 2. The van der Waals surface area contributed by atoms with Gasteiger partial charge in [0.25, 0.3) is 5.91 Å². The van der Waals surface area contributed by atoms with Crippen molar-refractivity contribution >= 4 is 21.6 Å². The van der Waals surface area contributed by atoms with Gasteiger partial charge in [0.15, 0.2) is 6.54 Å². The summed E-state index contributed by atoms with van der Waals surface area (Å²) in [5, 5.41) is 2.85.